The largest absolute Gasteiger partial charge is 0.416 e. The first-order chi connectivity index (χ1) is 14.9. The maximum Gasteiger partial charge on any atom is 0.416 e. The van der Waals surface area contributed by atoms with Crippen molar-refractivity contribution in [1.82, 2.24) is 10.6 Å². The van der Waals surface area contributed by atoms with Gasteiger partial charge in [-0.15, -0.1) is 24.0 Å². The van der Waals surface area contributed by atoms with E-state index in [1.165, 1.54) is 12.1 Å². The van der Waals surface area contributed by atoms with Gasteiger partial charge in [-0.05, 0) is 37.8 Å². The second-order valence-electron chi connectivity index (χ2n) is 7.55. The molecular weight excluding hydrogens is 538 g/mol. The van der Waals surface area contributed by atoms with Crippen LogP contribution in [-0.4, -0.2) is 65.7 Å². The monoisotopic (exact) mass is 573 g/mol. The van der Waals surface area contributed by atoms with E-state index in [2.05, 4.69) is 10.6 Å². The summed E-state index contributed by atoms with van der Waals surface area (Å²) in [5.41, 5.74) is -0.444. The number of methoxy groups -OCH3 is 1. The molecule has 1 saturated heterocycles. The van der Waals surface area contributed by atoms with Crippen LogP contribution in [0, 0.1) is 0 Å². The number of guanidine groups is 1. The maximum absolute atomic E-state index is 13.3. The van der Waals surface area contributed by atoms with Gasteiger partial charge in [-0.25, -0.2) is 0 Å². The molecule has 0 spiro atoms. The summed E-state index contributed by atoms with van der Waals surface area (Å²) in [4.78, 5) is 4.72. The Bertz CT molecular complexity index is 684. The van der Waals surface area contributed by atoms with E-state index in [4.69, 9.17) is 19.2 Å². The number of rotatable bonds is 11. The first kappa shape index (κ1) is 28.9. The number of hydrogen-bond donors (Lipinski definition) is 2. The second kappa shape index (κ2) is 14.9. The van der Waals surface area contributed by atoms with Crippen molar-refractivity contribution in [1.29, 1.82) is 0 Å². The van der Waals surface area contributed by atoms with Gasteiger partial charge in [-0.1, -0.05) is 18.2 Å². The van der Waals surface area contributed by atoms with Crippen molar-refractivity contribution >= 4 is 29.9 Å². The van der Waals surface area contributed by atoms with Crippen LogP contribution >= 0.6 is 24.0 Å². The Kier molecular flexibility index (Phi) is 13.5. The number of benzene rings is 1. The van der Waals surface area contributed by atoms with Gasteiger partial charge < -0.3 is 24.8 Å². The van der Waals surface area contributed by atoms with Crippen LogP contribution in [0.15, 0.2) is 29.3 Å². The Morgan fingerprint density at radius 2 is 1.91 bits per heavy atom. The van der Waals surface area contributed by atoms with Crippen molar-refractivity contribution in [3.63, 3.8) is 0 Å². The summed E-state index contributed by atoms with van der Waals surface area (Å²) in [6.07, 6.45) is -2.30. The van der Waals surface area contributed by atoms with Crippen molar-refractivity contribution < 1.29 is 27.4 Å². The SMILES string of the molecule is CCNC(=NCC1(c2cccc(C(F)(F)F)c2)CCOCC1)NCCCOCCOC.I. The molecule has 2 N–H and O–H groups in total. The van der Waals surface area contributed by atoms with Crippen molar-refractivity contribution in [3.05, 3.63) is 35.4 Å². The van der Waals surface area contributed by atoms with E-state index in [-0.39, 0.29) is 24.0 Å². The summed E-state index contributed by atoms with van der Waals surface area (Å²) < 4.78 is 55.7. The molecule has 0 bridgehead atoms. The predicted molar refractivity (Wildman–Crippen MR) is 130 cm³/mol. The van der Waals surface area contributed by atoms with Crippen LogP contribution in [0.4, 0.5) is 13.2 Å². The number of hydrogen-bond acceptors (Lipinski definition) is 4. The smallest absolute Gasteiger partial charge is 0.382 e. The highest BCUT2D eigenvalue weighted by Gasteiger charge is 2.37. The van der Waals surface area contributed by atoms with Crippen LogP contribution in [0.1, 0.15) is 37.3 Å². The van der Waals surface area contributed by atoms with Crippen LogP contribution in [0.2, 0.25) is 0 Å². The zero-order valence-electron chi connectivity index (χ0n) is 18.8. The molecule has 1 aromatic rings. The molecule has 0 amide bonds. The zero-order chi connectivity index (χ0) is 22.6. The summed E-state index contributed by atoms with van der Waals surface area (Å²) in [7, 11) is 1.63. The molecule has 0 saturated carbocycles. The van der Waals surface area contributed by atoms with Crippen molar-refractivity contribution in [3.8, 4) is 0 Å². The van der Waals surface area contributed by atoms with Gasteiger partial charge >= 0.3 is 6.18 Å². The third-order valence-corrected chi connectivity index (χ3v) is 5.33. The third-order valence-electron chi connectivity index (χ3n) is 5.33. The standard InChI is InChI=1S/C22H34F3N3O3.HI/c1-3-26-20(27-10-5-11-30-15-14-29-2)28-17-21(8-12-31-13-9-21)18-6-4-7-19(16-18)22(23,24)25;/h4,6-7,16H,3,5,8-15,17H2,1-2H3,(H2,26,27,28);1H. The minimum atomic E-state index is -4.37. The average Bonchev–Trinajstić information content (AvgIpc) is 2.77. The predicted octanol–water partition coefficient (Wildman–Crippen LogP) is 3.98. The van der Waals surface area contributed by atoms with Gasteiger partial charge in [-0.3, -0.25) is 4.99 Å². The molecule has 1 aliphatic rings. The lowest BCUT2D eigenvalue weighted by atomic mass is 9.74. The first-order valence-corrected chi connectivity index (χ1v) is 10.8. The maximum atomic E-state index is 13.3. The van der Waals surface area contributed by atoms with Crippen molar-refractivity contribution in [2.75, 3.05) is 59.8 Å². The molecular formula is C22H35F3IN3O3. The molecule has 0 radical (unpaired) electrons. The highest BCUT2D eigenvalue weighted by atomic mass is 127. The van der Waals surface area contributed by atoms with E-state index >= 15 is 0 Å². The van der Waals surface area contributed by atoms with Crippen LogP contribution < -0.4 is 10.6 Å². The molecule has 1 heterocycles. The van der Waals surface area contributed by atoms with Crippen LogP contribution in [0.5, 0.6) is 0 Å². The van der Waals surface area contributed by atoms with E-state index in [9.17, 15) is 13.2 Å². The number of ether oxygens (including phenoxy) is 3. The fourth-order valence-electron chi connectivity index (χ4n) is 3.52. The molecule has 10 heteroatoms. The Morgan fingerprint density at radius 3 is 2.56 bits per heavy atom. The quantitative estimate of drug-likeness (QED) is 0.182. The number of nitrogens with zero attached hydrogens (tertiary/aromatic N) is 1. The van der Waals surface area contributed by atoms with Crippen molar-refractivity contribution in [2.24, 2.45) is 4.99 Å². The minimum Gasteiger partial charge on any atom is -0.382 e. The molecule has 6 nitrogen and oxygen atoms in total. The van der Waals surface area contributed by atoms with Gasteiger partial charge in [0.25, 0.3) is 0 Å². The summed E-state index contributed by atoms with van der Waals surface area (Å²) in [5, 5.41) is 6.48. The van der Waals surface area contributed by atoms with E-state index < -0.39 is 17.2 Å². The van der Waals surface area contributed by atoms with Crippen LogP contribution in [0.25, 0.3) is 0 Å². The van der Waals surface area contributed by atoms with E-state index in [1.807, 2.05) is 6.92 Å². The van der Waals surface area contributed by atoms with E-state index in [0.29, 0.717) is 77.0 Å². The van der Waals surface area contributed by atoms with Gasteiger partial charge in [0, 0.05) is 45.4 Å². The van der Waals surface area contributed by atoms with Gasteiger partial charge in [0.1, 0.15) is 0 Å². The van der Waals surface area contributed by atoms with Gasteiger partial charge in [0.15, 0.2) is 5.96 Å². The average molecular weight is 573 g/mol. The number of halogens is 4. The molecule has 1 fully saturated rings. The Hall–Kier alpha value is -1.11. The molecule has 1 aromatic carbocycles. The van der Waals surface area contributed by atoms with Crippen molar-refractivity contribution in [2.45, 2.75) is 37.8 Å². The summed E-state index contributed by atoms with van der Waals surface area (Å²) in [5.74, 6) is 0.650. The lowest BCUT2D eigenvalue weighted by Gasteiger charge is -2.37. The zero-order valence-corrected chi connectivity index (χ0v) is 21.1. The molecule has 0 atom stereocenters. The second-order valence-corrected chi connectivity index (χ2v) is 7.55. The normalized spacial score (nSPS) is 16.3. The first-order valence-electron chi connectivity index (χ1n) is 10.8. The van der Waals surface area contributed by atoms with Gasteiger partial charge in [-0.2, -0.15) is 13.2 Å². The Labute approximate surface area is 205 Å². The van der Waals surface area contributed by atoms with Crippen LogP contribution in [-0.2, 0) is 25.8 Å². The molecule has 0 unspecified atom stereocenters. The topological polar surface area (TPSA) is 64.1 Å². The summed E-state index contributed by atoms with van der Waals surface area (Å²) >= 11 is 0. The van der Waals surface area contributed by atoms with E-state index in [0.717, 1.165) is 12.5 Å². The summed E-state index contributed by atoms with van der Waals surface area (Å²) in [6.45, 7) is 6.49. The molecule has 0 aromatic heterocycles. The Balaban J connectivity index is 0.00000512. The third kappa shape index (κ3) is 9.40. The lowest BCUT2D eigenvalue weighted by molar-refractivity contribution is -0.137. The minimum absolute atomic E-state index is 0. The van der Waals surface area contributed by atoms with Crippen LogP contribution in [0.3, 0.4) is 0 Å². The fourth-order valence-corrected chi connectivity index (χ4v) is 3.52. The number of nitrogens with one attached hydrogen (secondary N) is 2. The molecule has 32 heavy (non-hydrogen) atoms. The van der Waals surface area contributed by atoms with E-state index in [1.54, 1.807) is 13.2 Å². The highest BCUT2D eigenvalue weighted by molar-refractivity contribution is 14.0. The highest BCUT2D eigenvalue weighted by Crippen LogP contribution is 2.38. The van der Waals surface area contributed by atoms with Gasteiger partial charge in [0.2, 0.25) is 0 Å². The lowest BCUT2D eigenvalue weighted by Crippen LogP contribution is -2.41. The molecule has 2 rings (SSSR count). The summed E-state index contributed by atoms with van der Waals surface area (Å²) in [6, 6.07) is 5.62. The fraction of sp³-hybridized carbons (Fsp3) is 0.682. The van der Waals surface area contributed by atoms with Gasteiger partial charge in [0.05, 0.1) is 25.3 Å². The molecule has 184 valence electrons. The number of alkyl halides is 3. The number of aliphatic imine (C=N–C) groups is 1. The molecule has 1 aliphatic heterocycles. The molecule has 0 aliphatic carbocycles. The Morgan fingerprint density at radius 1 is 1.16 bits per heavy atom.